The SMILES string of the molecule is O=C(C1CCCc2ccccc21)N1CCN(CC2CCOCC2)CC1. The number of aryl methyl sites for hydroxylation is 1. The number of rotatable bonds is 3. The van der Waals surface area contributed by atoms with Gasteiger partial charge in [-0.1, -0.05) is 24.3 Å². The summed E-state index contributed by atoms with van der Waals surface area (Å²) in [5, 5.41) is 0. The van der Waals surface area contributed by atoms with Gasteiger partial charge in [-0.2, -0.15) is 0 Å². The first-order chi connectivity index (χ1) is 12.3. The number of ether oxygens (including phenoxy) is 1. The second-order valence-electron chi connectivity index (χ2n) is 7.83. The Bertz CT molecular complexity index is 589. The van der Waals surface area contributed by atoms with E-state index < -0.39 is 0 Å². The van der Waals surface area contributed by atoms with Crippen LogP contribution in [0, 0.1) is 5.92 Å². The van der Waals surface area contributed by atoms with Gasteiger partial charge in [-0.3, -0.25) is 9.69 Å². The summed E-state index contributed by atoms with van der Waals surface area (Å²) in [7, 11) is 0. The van der Waals surface area contributed by atoms with Gasteiger partial charge >= 0.3 is 0 Å². The fraction of sp³-hybridized carbons (Fsp3) is 0.667. The maximum absolute atomic E-state index is 13.1. The number of benzene rings is 1. The summed E-state index contributed by atoms with van der Waals surface area (Å²) in [5.41, 5.74) is 2.66. The highest BCUT2D eigenvalue weighted by molar-refractivity contribution is 5.84. The molecule has 4 rings (SSSR count). The van der Waals surface area contributed by atoms with Gasteiger partial charge in [0.05, 0.1) is 5.92 Å². The van der Waals surface area contributed by atoms with Crippen molar-refractivity contribution < 1.29 is 9.53 Å². The van der Waals surface area contributed by atoms with Crippen molar-refractivity contribution in [2.45, 2.75) is 38.0 Å². The largest absolute Gasteiger partial charge is 0.381 e. The molecule has 136 valence electrons. The molecule has 1 aromatic rings. The third-order valence-corrected chi connectivity index (χ3v) is 6.21. The quantitative estimate of drug-likeness (QED) is 0.847. The summed E-state index contributed by atoms with van der Waals surface area (Å²) in [6.07, 6.45) is 5.66. The van der Waals surface area contributed by atoms with Crippen molar-refractivity contribution in [2.24, 2.45) is 5.92 Å². The smallest absolute Gasteiger partial charge is 0.230 e. The molecule has 2 heterocycles. The lowest BCUT2D eigenvalue weighted by molar-refractivity contribution is -0.135. The van der Waals surface area contributed by atoms with Crippen LogP contribution in [0.4, 0.5) is 0 Å². The molecule has 25 heavy (non-hydrogen) atoms. The molecular weight excluding hydrogens is 312 g/mol. The van der Waals surface area contributed by atoms with Gasteiger partial charge in [-0.25, -0.2) is 0 Å². The Morgan fingerprint density at radius 3 is 2.60 bits per heavy atom. The predicted octanol–water partition coefficient (Wildman–Crippen LogP) is 2.68. The van der Waals surface area contributed by atoms with Crippen LogP contribution in [0.5, 0.6) is 0 Å². The van der Waals surface area contributed by atoms with Crippen LogP contribution in [0.25, 0.3) is 0 Å². The van der Waals surface area contributed by atoms with Crippen LogP contribution in [0.15, 0.2) is 24.3 Å². The first-order valence-electron chi connectivity index (χ1n) is 9.98. The Kier molecular flexibility index (Phi) is 5.37. The Morgan fingerprint density at radius 1 is 1.04 bits per heavy atom. The van der Waals surface area contributed by atoms with Crippen LogP contribution in [-0.4, -0.2) is 61.6 Å². The normalized spacial score (nSPS) is 25.6. The molecule has 2 fully saturated rings. The van der Waals surface area contributed by atoms with Gasteiger partial charge in [0.25, 0.3) is 0 Å². The summed E-state index contributed by atoms with van der Waals surface area (Å²) in [6, 6.07) is 8.54. The van der Waals surface area contributed by atoms with Gasteiger partial charge in [-0.15, -0.1) is 0 Å². The molecule has 1 amide bonds. The van der Waals surface area contributed by atoms with Crippen LogP contribution in [0.2, 0.25) is 0 Å². The van der Waals surface area contributed by atoms with Crippen molar-refractivity contribution in [1.29, 1.82) is 0 Å². The van der Waals surface area contributed by atoms with Gasteiger partial charge in [0, 0.05) is 45.9 Å². The molecule has 1 aromatic carbocycles. The molecule has 1 unspecified atom stereocenters. The van der Waals surface area contributed by atoms with Crippen LogP contribution in [0.3, 0.4) is 0 Å². The number of fused-ring (bicyclic) bond motifs is 1. The second-order valence-corrected chi connectivity index (χ2v) is 7.83. The van der Waals surface area contributed by atoms with Gasteiger partial charge in [-0.05, 0) is 49.1 Å². The highest BCUT2D eigenvalue weighted by Gasteiger charge is 2.31. The molecule has 2 saturated heterocycles. The van der Waals surface area contributed by atoms with E-state index in [1.54, 1.807) is 0 Å². The van der Waals surface area contributed by atoms with E-state index >= 15 is 0 Å². The maximum Gasteiger partial charge on any atom is 0.230 e. The zero-order valence-electron chi connectivity index (χ0n) is 15.2. The Balaban J connectivity index is 1.32. The van der Waals surface area contributed by atoms with E-state index in [1.807, 2.05) is 0 Å². The topological polar surface area (TPSA) is 32.8 Å². The molecule has 0 aromatic heterocycles. The van der Waals surface area contributed by atoms with Gasteiger partial charge in [0.1, 0.15) is 0 Å². The third kappa shape index (κ3) is 3.90. The predicted molar refractivity (Wildman–Crippen MR) is 98.7 cm³/mol. The molecule has 3 aliphatic rings. The Hall–Kier alpha value is -1.39. The fourth-order valence-electron chi connectivity index (χ4n) is 4.68. The lowest BCUT2D eigenvalue weighted by Gasteiger charge is -2.39. The third-order valence-electron chi connectivity index (χ3n) is 6.21. The van der Waals surface area contributed by atoms with Gasteiger partial charge < -0.3 is 9.64 Å². The molecular formula is C21H30N2O2. The average Bonchev–Trinajstić information content (AvgIpc) is 2.68. The summed E-state index contributed by atoms with van der Waals surface area (Å²) < 4.78 is 5.46. The molecule has 4 heteroatoms. The van der Waals surface area contributed by atoms with Gasteiger partial charge in [0.15, 0.2) is 0 Å². The van der Waals surface area contributed by atoms with E-state index in [4.69, 9.17) is 4.74 Å². The molecule has 0 radical (unpaired) electrons. The van der Waals surface area contributed by atoms with E-state index in [-0.39, 0.29) is 5.92 Å². The Labute approximate surface area is 151 Å². The highest BCUT2D eigenvalue weighted by atomic mass is 16.5. The minimum Gasteiger partial charge on any atom is -0.381 e. The number of carbonyl (C=O) groups excluding carboxylic acids is 1. The van der Waals surface area contributed by atoms with Crippen molar-refractivity contribution in [2.75, 3.05) is 45.9 Å². The molecule has 0 spiro atoms. The van der Waals surface area contributed by atoms with E-state index in [9.17, 15) is 4.79 Å². The molecule has 1 atom stereocenters. The average molecular weight is 342 g/mol. The molecule has 2 aliphatic heterocycles. The molecule has 0 N–H and O–H groups in total. The molecule has 1 aliphatic carbocycles. The first kappa shape index (κ1) is 17.0. The fourth-order valence-corrected chi connectivity index (χ4v) is 4.68. The summed E-state index contributed by atoms with van der Waals surface area (Å²) in [4.78, 5) is 17.8. The minimum absolute atomic E-state index is 0.0898. The van der Waals surface area contributed by atoms with Gasteiger partial charge in [0.2, 0.25) is 5.91 Å². The van der Waals surface area contributed by atoms with E-state index in [2.05, 4.69) is 34.1 Å². The van der Waals surface area contributed by atoms with Crippen LogP contribution >= 0.6 is 0 Å². The zero-order valence-corrected chi connectivity index (χ0v) is 15.2. The number of piperazine rings is 1. The monoisotopic (exact) mass is 342 g/mol. The van der Waals surface area contributed by atoms with E-state index in [1.165, 1.54) is 30.5 Å². The van der Waals surface area contributed by atoms with Crippen molar-refractivity contribution in [1.82, 2.24) is 9.80 Å². The van der Waals surface area contributed by atoms with E-state index in [0.29, 0.717) is 5.91 Å². The van der Waals surface area contributed by atoms with Crippen molar-refractivity contribution in [3.63, 3.8) is 0 Å². The lowest BCUT2D eigenvalue weighted by atomic mass is 9.82. The number of carbonyl (C=O) groups is 1. The van der Waals surface area contributed by atoms with Crippen molar-refractivity contribution in [3.05, 3.63) is 35.4 Å². The summed E-state index contributed by atoms with van der Waals surface area (Å²) in [5.74, 6) is 1.23. The first-order valence-corrected chi connectivity index (χ1v) is 9.98. The zero-order chi connectivity index (χ0) is 17.1. The highest BCUT2D eigenvalue weighted by Crippen LogP contribution is 2.33. The summed E-state index contributed by atoms with van der Waals surface area (Å²) >= 11 is 0. The second kappa shape index (κ2) is 7.88. The Morgan fingerprint density at radius 2 is 1.80 bits per heavy atom. The lowest BCUT2D eigenvalue weighted by Crippen LogP contribution is -2.51. The molecule has 0 saturated carbocycles. The maximum atomic E-state index is 13.1. The molecule has 4 nitrogen and oxygen atoms in total. The van der Waals surface area contributed by atoms with Crippen LogP contribution < -0.4 is 0 Å². The van der Waals surface area contributed by atoms with Crippen LogP contribution in [0.1, 0.15) is 42.7 Å². The van der Waals surface area contributed by atoms with E-state index in [0.717, 1.165) is 64.6 Å². The number of hydrogen-bond acceptors (Lipinski definition) is 3. The van der Waals surface area contributed by atoms with Crippen LogP contribution in [-0.2, 0) is 16.0 Å². The number of nitrogens with zero attached hydrogens (tertiary/aromatic N) is 2. The minimum atomic E-state index is 0.0898. The van der Waals surface area contributed by atoms with Crippen molar-refractivity contribution in [3.8, 4) is 0 Å². The number of amides is 1. The molecule has 0 bridgehead atoms. The number of hydrogen-bond donors (Lipinski definition) is 0. The van der Waals surface area contributed by atoms with Crippen molar-refractivity contribution >= 4 is 5.91 Å². The standard InChI is InChI=1S/C21H30N2O2/c24-21(20-7-3-5-18-4-1-2-6-19(18)20)23-12-10-22(11-13-23)16-17-8-14-25-15-9-17/h1-2,4,6,17,20H,3,5,7-16H2. The summed E-state index contributed by atoms with van der Waals surface area (Å²) in [6.45, 7) is 6.85.